The molecule has 1 saturated heterocycles. The number of amides is 2. The van der Waals surface area contributed by atoms with Crippen LogP contribution in [0.2, 0.25) is 5.02 Å². The van der Waals surface area contributed by atoms with E-state index in [4.69, 9.17) is 16.4 Å². The van der Waals surface area contributed by atoms with Crippen LogP contribution in [0.5, 0.6) is 0 Å². The van der Waals surface area contributed by atoms with E-state index in [2.05, 4.69) is 17.3 Å². The molecule has 2 aliphatic heterocycles. The minimum Gasteiger partial charge on any atom is -0.331 e. The van der Waals surface area contributed by atoms with Crippen molar-refractivity contribution in [2.45, 2.75) is 12.0 Å². The van der Waals surface area contributed by atoms with Crippen molar-refractivity contribution in [3.8, 4) is 11.8 Å². The molecule has 0 saturated carbocycles. The summed E-state index contributed by atoms with van der Waals surface area (Å²) in [7, 11) is 3.50. The van der Waals surface area contributed by atoms with Crippen LogP contribution in [0, 0.1) is 11.8 Å². The quantitative estimate of drug-likeness (QED) is 0.742. The van der Waals surface area contributed by atoms with E-state index in [1.165, 1.54) is 0 Å². The number of nitrogens with zero attached hydrogens (tertiary/aromatic N) is 2. The van der Waals surface area contributed by atoms with E-state index in [9.17, 15) is 4.79 Å². The van der Waals surface area contributed by atoms with E-state index >= 15 is 0 Å². The third-order valence-electron chi connectivity index (χ3n) is 3.85. The molecule has 1 aromatic carbocycles. The maximum absolute atomic E-state index is 12.0. The van der Waals surface area contributed by atoms with Crippen LogP contribution in [0.3, 0.4) is 0 Å². The first-order valence-electron chi connectivity index (χ1n) is 7.38. The first kappa shape index (κ1) is 15.7. The molecule has 2 heterocycles. The molecule has 6 heteroatoms. The number of allylic oxidation sites excluding steroid dienone is 1. The molecular formula is C17H18ClN3O2. The molecule has 2 aliphatic rings. The van der Waals surface area contributed by atoms with Gasteiger partial charge in [-0.15, -0.1) is 0 Å². The summed E-state index contributed by atoms with van der Waals surface area (Å²) in [6.45, 7) is 1.20. The van der Waals surface area contributed by atoms with Gasteiger partial charge < -0.3 is 9.80 Å². The molecule has 1 fully saturated rings. The van der Waals surface area contributed by atoms with Crippen LogP contribution in [0.1, 0.15) is 12.0 Å². The average molecular weight is 332 g/mol. The highest BCUT2D eigenvalue weighted by atomic mass is 35.5. The summed E-state index contributed by atoms with van der Waals surface area (Å²) < 4.78 is 0. The van der Waals surface area contributed by atoms with E-state index in [0.717, 1.165) is 12.0 Å². The molecule has 1 spiro atoms. The van der Waals surface area contributed by atoms with Crippen LogP contribution >= 0.6 is 11.6 Å². The van der Waals surface area contributed by atoms with Crippen LogP contribution in [0.25, 0.3) is 0 Å². The highest BCUT2D eigenvalue weighted by molar-refractivity contribution is 6.30. The molecule has 2 amide bonds. The highest BCUT2D eigenvalue weighted by Gasteiger charge is 2.43. The van der Waals surface area contributed by atoms with Gasteiger partial charge in [-0.05, 0) is 30.2 Å². The minimum absolute atomic E-state index is 0.00247. The number of benzene rings is 1. The zero-order valence-corrected chi connectivity index (χ0v) is 13.9. The lowest BCUT2D eigenvalue weighted by atomic mass is 10.0. The van der Waals surface area contributed by atoms with Gasteiger partial charge in [0.25, 0.3) is 0 Å². The largest absolute Gasteiger partial charge is 0.331 e. The van der Waals surface area contributed by atoms with Gasteiger partial charge in [0, 0.05) is 37.6 Å². The smallest absolute Gasteiger partial charge is 0.319 e. The Labute approximate surface area is 140 Å². The van der Waals surface area contributed by atoms with Crippen LogP contribution in [-0.2, 0) is 4.84 Å². The normalized spacial score (nSPS) is 22.4. The van der Waals surface area contributed by atoms with Gasteiger partial charge in [0.2, 0.25) is 0 Å². The monoisotopic (exact) mass is 331 g/mol. The summed E-state index contributed by atoms with van der Waals surface area (Å²) in [5.74, 6) is 6.10. The standard InChI is InChI=1S/C17H18ClN3O2/c1-20(2)16(22)21-9-8-17(12-21)11-15(19-23-17)7-6-13-4-3-5-14(18)10-13/h3-5,10-11,19H,8-9,12H2,1-2H3. The van der Waals surface area contributed by atoms with Gasteiger partial charge in [-0.3, -0.25) is 10.3 Å². The van der Waals surface area contributed by atoms with Gasteiger partial charge in [-0.2, -0.15) is 0 Å². The number of nitrogens with one attached hydrogen (secondary N) is 1. The summed E-state index contributed by atoms with van der Waals surface area (Å²) in [6.07, 6.45) is 2.72. The molecule has 0 aliphatic carbocycles. The number of carbonyl (C=O) groups is 1. The van der Waals surface area contributed by atoms with E-state index < -0.39 is 5.60 Å². The van der Waals surface area contributed by atoms with Crippen molar-refractivity contribution in [1.82, 2.24) is 15.3 Å². The molecule has 1 N–H and O–H groups in total. The Bertz CT molecular complexity index is 720. The number of hydrogen-bond acceptors (Lipinski definition) is 3. The van der Waals surface area contributed by atoms with Gasteiger partial charge >= 0.3 is 6.03 Å². The second kappa shape index (κ2) is 6.15. The minimum atomic E-state index is -0.482. The summed E-state index contributed by atoms with van der Waals surface area (Å²) >= 11 is 5.95. The summed E-state index contributed by atoms with van der Waals surface area (Å²) in [5.41, 5.74) is 3.94. The predicted octanol–water partition coefficient (Wildman–Crippen LogP) is 2.24. The first-order chi connectivity index (χ1) is 11.0. The van der Waals surface area contributed by atoms with Crippen molar-refractivity contribution in [2.75, 3.05) is 27.2 Å². The molecule has 0 bridgehead atoms. The fourth-order valence-electron chi connectivity index (χ4n) is 2.70. The zero-order valence-electron chi connectivity index (χ0n) is 13.1. The van der Waals surface area contributed by atoms with Crippen LogP contribution in [0.4, 0.5) is 4.79 Å². The van der Waals surface area contributed by atoms with E-state index in [0.29, 0.717) is 23.8 Å². The van der Waals surface area contributed by atoms with Gasteiger partial charge in [0.1, 0.15) is 11.3 Å². The summed E-state index contributed by atoms with van der Waals surface area (Å²) in [6, 6.07) is 7.39. The van der Waals surface area contributed by atoms with E-state index in [1.54, 1.807) is 23.9 Å². The average Bonchev–Trinajstić information content (AvgIpc) is 3.12. The third-order valence-corrected chi connectivity index (χ3v) is 4.09. The number of urea groups is 1. The zero-order chi connectivity index (χ0) is 16.4. The number of carbonyl (C=O) groups excluding carboxylic acids is 1. The fourth-order valence-corrected chi connectivity index (χ4v) is 2.89. The molecule has 0 aromatic heterocycles. The lowest BCUT2D eigenvalue weighted by Crippen LogP contribution is -2.41. The van der Waals surface area contributed by atoms with Gasteiger partial charge in [0.15, 0.2) is 0 Å². The topological polar surface area (TPSA) is 44.8 Å². The molecule has 23 heavy (non-hydrogen) atoms. The van der Waals surface area contributed by atoms with Crippen LogP contribution in [-0.4, -0.2) is 48.6 Å². The van der Waals surface area contributed by atoms with Gasteiger partial charge in [-0.25, -0.2) is 4.79 Å². The van der Waals surface area contributed by atoms with Crippen molar-refractivity contribution in [2.24, 2.45) is 0 Å². The Hall–Kier alpha value is -2.16. The summed E-state index contributed by atoms with van der Waals surface area (Å²) in [4.78, 5) is 21.1. The molecule has 3 rings (SSSR count). The third kappa shape index (κ3) is 3.44. The maximum Gasteiger partial charge on any atom is 0.319 e. The number of likely N-dealkylation sites (tertiary alicyclic amines) is 1. The number of rotatable bonds is 0. The van der Waals surface area contributed by atoms with Crippen LogP contribution in [0.15, 0.2) is 36.0 Å². The molecule has 1 unspecified atom stereocenters. The van der Waals surface area contributed by atoms with Crippen molar-refractivity contribution in [3.63, 3.8) is 0 Å². The second-order valence-corrected chi connectivity index (χ2v) is 6.37. The SMILES string of the molecule is CN(C)C(=O)N1CCC2(C=C(C#Cc3cccc(Cl)c3)NO2)C1. The number of hydrogen-bond donors (Lipinski definition) is 1. The van der Waals surface area contributed by atoms with Crippen molar-refractivity contribution >= 4 is 17.6 Å². The molecule has 5 nitrogen and oxygen atoms in total. The fraction of sp³-hybridized carbons (Fsp3) is 0.353. The Morgan fingerprint density at radius 3 is 3.00 bits per heavy atom. The molecule has 1 aromatic rings. The van der Waals surface area contributed by atoms with Gasteiger partial charge in [-0.1, -0.05) is 23.6 Å². The Morgan fingerprint density at radius 2 is 2.26 bits per heavy atom. The Morgan fingerprint density at radius 1 is 1.43 bits per heavy atom. The van der Waals surface area contributed by atoms with Crippen molar-refractivity contribution in [3.05, 3.63) is 46.6 Å². The lowest BCUT2D eigenvalue weighted by Gasteiger charge is -2.23. The number of halogens is 1. The molecular weight excluding hydrogens is 314 g/mol. The Kier molecular flexibility index (Phi) is 4.20. The predicted molar refractivity (Wildman–Crippen MR) is 88.6 cm³/mol. The summed E-state index contributed by atoms with van der Waals surface area (Å²) in [5, 5.41) is 0.659. The Balaban J connectivity index is 1.71. The van der Waals surface area contributed by atoms with E-state index in [-0.39, 0.29) is 6.03 Å². The second-order valence-electron chi connectivity index (χ2n) is 5.94. The number of hydroxylamine groups is 1. The highest BCUT2D eigenvalue weighted by Crippen LogP contribution is 2.31. The molecule has 120 valence electrons. The van der Waals surface area contributed by atoms with E-state index in [1.807, 2.05) is 30.3 Å². The van der Waals surface area contributed by atoms with Crippen molar-refractivity contribution < 1.29 is 9.63 Å². The van der Waals surface area contributed by atoms with Gasteiger partial charge in [0.05, 0.1) is 6.54 Å². The first-order valence-corrected chi connectivity index (χ1v) is 7.76. The lowest BCUT2D eigenvalue weighted by molar-refractivity contribution is -0.0297. The van der Waals surface area contributed by atoms with Crippen LogP contribution < -0.4 is 5.48 Å². The molecule has 1 atom stereocenters. The van der Waals surface area contributed by atoms with Crippen molar-refractivity contribution in [1.29, 1.82) is 0 Å². The molecule has 0 radical (unpaired) electrons. The maximum atomic E-state index is 12.0.